The first-order chi connectivity index (χ1) is 26.4. The zero-order chi connectivity index (χ0) is 40.4. The van der Waals surface area contributed by atoms with Crippen molar-refractivity contribution in [1.29, 1.82) is 0 Å². The molecule has 0 spiro atoms. The molecule has 19 heteroatoms. The molecule has 0 aliphatic carbocycles. The number of esters is 1. The van der Waals surface area contributed by atoms with Gasteiger partial charge in [-0.1, -0.05) is 26.0 Å². The number of carbonyl (C=O) groups excluding carboxylic acids is 4. The van der Waals surface area contributed by atoms with Crippen LogP contribution in [0.1, 0.15) is 45.1 Å². The molecule has 19 nitrogen and oxygen atoms in total. The molecule has 0 unspecified atom stereocenters. The first kappa shape index (κ1) is 45.8. The van der Waals surface area contributed by atoms with Crippen LogP contribution in [-0.2, 0) is 44.7 Å². The summed E-state index contributed by atoms with van der Waals surface area (Å²) in [5.74, 6) is -1.87. The van der Waals surface area contributed by atoms with Gasteiger partial charge < -0.3 is 54.8 Å². The number of amides is 3. The zero-order valence-electron chi connectivity index (χ0n) is 31.2. The normalized spacial score (nSPS) is 11.9. The number of nitro groups is 1. The van der Waals surface area contributed by atoms with Crippen LogP contribution in [0.3, 0.4) is 0 Å². The molecule has 2 atom stereocenters. The maximum Gasteiger partial charge on any atom is 0.514 e. The van der Waals surface area contributed by atoms with Crippen molar-refractivity contribution in [1.82, 2.24) is 16.0 Å². The summed E-state index contributed by atoms with van der Waals surface area (Å²) in [6.07, 6.45) is -0.0474. The molecular weight excluding hydrogens is 726 g/mol. The van der Waals surface area contributed by atoms with Crippen LogP contribution in [-0.4, -0.2) is 112 Å². The van der Waals surface area contributed by atoms with Crippen LogP contribution < -0.4 is 26.0 Å². The highest BCUT2D eigenvalue weighted by Gasteiger charge is 2.28. The molecule has 2 rings (SSSR count). The Labute approximate surface area is 318 Å². The zero-order valence-corrected chi connectivity index (χ0v) is 31.2. The highest BCUT2D eigenvalue weighted by atomic mass is 16.7. The molecule has 0 heterocycles. The quantitative estimate of drug-likeness (QED) is 0.0287. The number of nitrogens with one attached hydrogen (secondary N) is 4. The topological polar surface area (TPSA) is 252 Å². The van der Waals surface area contributed by atoms with Crippen LogP contribution in [0.25, 0.3) is 0 Å². The van der Waals surface area contributed by atoms with Gasteiger partial charge in [0.2, 0.25) is 11.8 Å². The third kappa shape index (κ3) is 20.0. The summed E-state index contributed by atoms with van der Waals surface area (Å²) in [6, 6.07) is 9.30. The van der Waals surface area contributed by atoms with Gasteiger partial charge in [0.25, 0.3) is 5.69 Å². The summed E-state index contributed by atoms with van der Waals surface area (Å²) >= 11 is 0. The Morgan fingerprint density at radius 3 is 2.09 bits per heavy atom. The minimum Gasteiger partial charge on any atom is -0.465 e. The monoisotopic (exact) mass is 777 g/mol. The molecular formula is C36H51N5O14. The molecule has 2 aromatic rings. The molecule has 0 aliphatic heterocycles. The van der Waals surface area contributed by atoms with Crippen molar-refractivity contribution in [3.63, 3.8) is 0 Å². The Morgan fingerprint density at radius 1 is 0.800 bits per heavy atom. The van der Waals surface area contributed by atoms with Gasteiger partial charge in [-0.15, -0.1) is 0 Å². The number of non-ortho nitro benzene ring substituents is 1. The number of hydrogen-bond donors (Lipinski definition) is 5. The third-order valence-corrected chi connectivity index (χ3v) is 7.55. The second kappa shape index (κ2) is 26.4. The van der Waals surface area contributed by atoms with Crippen molar-refractivity contribution in [2.45, 2.75) is 58.2 Å². The maximum atomic E-state index is 13.4. The van der Waals surface area contributed by atoms with E-state index < -0.39 is 47.0 Å². The van der Waals surface area contributed by atoms with Crippen molar-refractivity contribution >= 4 is 41.4 Å². The van der Waals surface area contributed by atoms with E-state index in [9.17, 15) is 39.2 Å². The van der Waals surface area contributed by atoms with E-state index in [1.807, 2.05) is 0 Å². The molecule has 0 saturated heterocycles. The van der Waals surface area contributed by atoms with E-state index in [0.717, 1.165) is 6.42 Å². The Bertz CT molecular complexity index is 1490. The number of anilines is 1. The third-order valence-electron chi connectivity index (χ3n) is 7.55. The van der Waals surface area contributed by atoms with E-state index in [0.29, 0.717) is 57.0 Å². The van der Waals surface area contributed by atoms with Gasteiger partial charge in [-0.2, -0.15) is 0 Å². The second-order valence-corrected chi connectivity index (χ2v) is 12.3. The Kier molecular flexibility index (Phi) is 22.0. The van der Waals surface area contributed by atoms with E-state index in [2.05, 4.69) is 26.0 Å². The van der Waals surface area contributed by atoms with E-state index in [1.165, 1.54) is 31.4 Å². The summed E-state index contributed by atoms with van der Waals surface area (Å²) in [7, 11) is 1.41. The molecule has 0 radical (unpaired) electrons. The minimum absolute atomic E-state index is 0.0729. The van der Waals surface area contributed by atoms with Crippen LogP contribution in [0.2, 0.25) is 0 Å². The summed E-state index contributed by atoms with van der Waals surface area (Å²) in [5.41, 5.74) is 0.827. The Hall–Kier alpha value is -5.37. The molecule has 0 saturated carbocycles. The van der Waals surface area contributed by atoms with Crippen molar-refractivity contribution in [3.8, 4) is 5.75 Å². The van der Waals surface area contributed by atoms with Crippen LogP contribution in [0.15, 0.2) is 48.5 Å². The lowest BCUT2D eigenvalue weighted by molar-refractivity contribution is -0.384. The predicted molar refractivity (Wildman–Crippen MR) is 197 cm³/mol. The molecule has 2 aromatic carbocycles. The number of carbonyl (C=O) groups is 5. The van der Waals surface area contributed by atoms with Crippen LogP contribution in [0.4, 0.5) is 21.0 Å². The number of rotatable bonds is 27. The van der Waals surface area contributed by atoms with Crippen LogP contribution >= 0.6 is 0 Å². The SMILES string of the molecule is COCC(=O)OCCOCCOCCCNCCCC[C@H](NC(=O)[C@@H](NC(=O)O)C(C)C)C(=O)Nc1ccc(COC(=O)Oc2ccc([N+](=O)[O-])cc2)cc1. The standard InChI is InChI=1S/C36H51N5O14/c1-25(2)32(40-35(45)46)34(44)39-30(7-4-5-16-37-17-6-18-51-19-20-52-21-22-53-31(42)24-50-3)33(43)38-27-10-8-26(9-11-27)23-54-36(47)55-29-14-12-28(13-15-29)41(48)49/h8-15,25,30,32,37,40H,4-7,16-24H2,1-3H3,(H,38,43)(H,39,44)(H,45,46)/t30-,32-/m0/s1. The highest BCUT2D eigenvalue weighted by Crippen LogP contribution is 2.18. The number of benzene rings is 2. The molecule has 55 heavy (non-hydrogen) atoms. The Morgan fingerprint density at radius 2 is 1.45 bits per heavy atom. The van der Waals surface area contributed by atoms with Gasteiger partial charge in [0.1, 0.15) is 37.7 Å². The maximum absolute atomic E-state index is 13.4. The number of hydrogen-bond acceptors (Lipinski definition) is 14. The molecule has 5 N–H and O–H groups in total. The molecule has 0 bridgehead atoms. The highest BCUT2D eigenvalue weighted by molar-refractivity contribution is 5.98. The fraction of sp³-hybridized carbons (Fsp3) is 0.528. The van der Waals surface area contributed by atoms with Gasteiger partial charge in [0, 0.05) is 31.5 Å². The molecule has 304 valence electrons. The summed E-state index contributed by atoms with van der Waals surface area (Å²) < 4.78 is 30.5. The molecule has 0 aliphatic rings. The van der Waals surface area contributed by atoms with E-state index in [4.69, 9.17) is 23.7 Å². The summed E-state index contributed by atoms with van der Waals surface area (Å²) in [6.45, 7) is 6.21. The fourth-order valence-corrected chi connectivity index (χ4v) is 4.73. The minimum atomic E-state index is -1.36. The van der Waals surface area contributed by atoms with Crippen LogP contribution in [0, 0.1) is 16.0 Å². The van der Waals surface area contributed by atoms with Gasteiger partial charge >= 0.3 is 18.2 Å². The number of nitrogens with zero attached hydrogens (tertiary/aromatic N) is 1. The first-order valence-corrected chi connectivity index (χ1v) is 17.7. The van der Waals surface area contributed by atoms with Gasteiger partial charge in [-0.25, -0.2) is 14.4 Å². The molecule has 0 fully saturated rings. The van der Waals surface area contributed by atoms with Gasteiger partial charge in [-0.05, 0) is 74.5 Å². The molecule has 3 amide bonds. The van der Waals surface area contributed by atoms with Crippen LogP contribution in [0.5, 0.6) is 5.75 Å². The van der Waals surface area contributed by atoms with Gasteiger partial charge in [0.15, 0.2) is 0 Å². The number of nitro benzene ring substituents is 1. The predicted octanol–water partition coefficient (Wildman–Crippen LogP) is 3.40. The number of ether oxygens (including phenoxy) is 6. The average molecular weight is 778 g/mol. The average Bonchev–Trinajstić information content (AvgIpc) is 3.14. The van der Waals surface area contributed by atoms with Gasteiger partial charge in [0.05, 0.1) is 24.7 Å². The smallest absolute Gasteiger partial charge is 0.465 e. The number of unbranched alkanes of at least 4 members (excludes halogenated alkanes) is 1. The van der Waals surface area contributed by atoms with Crippen molar-refractivity contribution in [3.05, 3.63) is 64.2 Å². The van der Waals surface area contributed by atoms with E-state index in [-0.39, 0.29) is 50.2 Å². The number of methoxy groups -OCH3 is 1. The first-order valence-electron chi connectivity index (χ1n) is 17.7. The summed E-state index contributed by atoms with van der Waals surface area (Å²) in [5, 5.41) is 31.0. The van der Waals surface area contributed by atoms with Crippen molar-refractivity contribution < 1.29 is 62.4 Å². The lowest BCUT2D eigenvalue weighted by Gasteiger charge is -2.24. The fourth-order valence-electron chi connectivity index (χ4n) is 4.73. The van der Waals surface area contributed by atoms with Gasteiger partial charge in [-0.3, -0.25) is 19.7 Å². The van der Waals surface area contributed by atoms with Crippen molar-refractivity contribution in [2.24, 2.45) is 5.92 Å². The van der Waals surface area contributed by atoms with Crippen molar-refractivity contribution in [2.75, 3.05) is 65.2 Å². The second-order valence-electron chi connectivity index (χ2n) is 12.3. The lowest BCUT2D eigenvalue weighted by Crippen LogP contribution is -2.54. The summed E-state index contributed by atoms with van der Waals surface area (Å²) in [4.78, 5) is 71.2. The molecule has 0 aromatic heterocycles. The van der Waals surface area contributed by atoms with E-state index >= 15 is 0 Å². The number of carboxylic acid groups (broad SMARTS) is 1. The van der Waals surface area contributed by atoms with E-state index in [1.54, 1.807) is 38.1 Å². The lowest BCUT2D eigenvalue weighted by atomic mass is 10.0. The largest absolute Gasteiger partial charge is 0.514 e. The Balaban J connectivity index is 1.78.